The second-order valence-corrected chi connectivity index (χ2v) is 6.71. The molecule has 0 aliphatic carbocycles. The number of likely N-dealkylation sites (tertiary alicyclic amines) is 1. The minimum Gasteiger partial charge on any atom is -0.394 e. The lowest BCUT2D eigenvalue weighted by Gasteiger charge is -2.34. The monoisotopic (exact) mass is 355 g/mol. The third kappa shape index (κ3) is 5.64. The standard InChI is InChI=1S/C22H29NO3/c24-16-18-25-17-15-23-13-11-21(12-14-23)26-22(19-7-3-1-4-8-19)20-9-5-2-6-10-20/h1-10,21-22,24H,11-18H2. The van der Waals surface area contributed by atoms with Crippen LogP contribution in [0.1, 0.15) is 30.1 Å². The maximum atomic E-state index is 8.75. The molecule has 1 N–H and O–H groups in total. The lowest BCUT2D eigenvalue weighted by Crippen LogP contribution is -2.39. The Morgan fingerprint density at radius 1 is 0.885 bits per heavy atom. The minimum atomic E-state index is -0.0122. The van der Waals surface area contributed by atoms with Gasteiger partial charge in [-0.05, 0) is 24.0 Å². The number of aliphatic hydroxyl groups excluding tert-OH is 1. The first-order valence-corrected chi connectivity index (χ1v) is 9.53. The van der Waals surface area contributed by atoms with Crippen molar-refractivity contribution >= 4 is 0 Å². The van der Waals surface area contributed by atoms with Crippen LogP contribution in [0.25, 0.3) is 0 Å². The Balaban J connectivity index is 1.56. The van der Waals surface area contributed by atoms with Crippen molar-refractivity contribution in [3.8, 4) is 0 Å². The Hall–Kier alpha value is -1.72. The molecule has 0 radical (unpaired) electrons. The maximum absolute atomic E-state index is 8.75. The van der Waals surface area contributed by atoms with Gasteiger partial charge >= 0.3 is 0 Å². The largest absolute Gasteiger partial charge is 0.394 e. The SMILES string of the molecule is OCCOCCN1CCC(OC(c2ccccc2)c2ccccc2)CC1. The van der Waals surface area contributed by atoms with E-state index in [1.54, 1.807) is 0 Å². The zero-order chi connectivity index (χ0) is 18.0. The van der Waals surface area contributed by atoms with Crippen LogP contribution in [0.5, 0.6) is 0 Å². The summed E-state index contributed by atoms with van der Waals surface area (Å²) in [6, 6.07) is 21.0. The molecule has 2 aromatic rings. The zero-order valence-electron chi connectivity index (χ0n) is 15.3. The maximum Gasteiger partial charge on any atom is 0.108 e. The van der Waals surface area contributed by atoms with Gasteiger partial charge in [-0.2, -0.15) is 0 Å². The van der Waals surface area contributed by atoms with Gasteiger partial charge in [-0.25, -0.2) is 0 Å². The number of benzene rings is 2. The summed E-state index contributed by atoms with van der Waals surface area (Å²) in [6.07, 6.45) is 2.34. The van der Waals surface area contributed by atoms with E-state index in [-0.39, 0.29) is 18.8 Å². The van der Waals surface area contributed by atoms with Gasteiger partial charge in [0.25, 0.3) is 0 Å². The average Bonchev–Trinajstić information content (AvgIpc) is 2.72. The normalized spacial score (nSPS) is 16.2. The Morgan fingerprint density at radius 2 is 1.46 bits per heavy atom. The number of piperidine rings is 1. The van der Waals surface area contributed by atoms with Gasteiger partial charge in [0.1, 0.15) is 6.10 Å². The van der Waals surface area contributed by atoms with E-state index in [9.17, 15) is 0 Å². The first-order valence-electron chi connectivity index (χ1n) is 9.53. The number of rotatable bonds is 9. The fourth-order valence-electron chi connectivity index (χ4n) is 3.43. The molecule has 4 nitrogen and oxygen atoms in total. The number of nitrogens with zero attached hydrogens (tertiary/aromatic N) is 1. The molecule has 1 fully saturated rings. The minimum absolute atomic E-state index is 0.0122. The van der Waals surface area contributed by atoms with Crippen LogP contribution in [0.15, 0.2) is 60.7 Å². The topological polar surface area (TPSA) is 41.9 Å². The van der Waals surface area contributed by atoms with Crippen molar-refractivity contribution in [1.82, 2.24) is 4.90 Å². The van der Waals surface area contributed by atoms with Gasteiger partial charge in [0.2, 0.25) is 0 Å². The van der Waals surface area contributed by atoms with E-state index in [0.29, 0.717) is 13.2 Å². The lowest BCUT2D eigenvalue weighted by molar-refractivity contribution is -0.0310. The predicted molar refractivity (Wildman–Crippen MR) is 103 cm³/mol. The van der Waals surface area contributed by atoms with E-state index >= 15 is 0 Å². The fraction of sp³-hybridized carbons (Fsp3) is 0.455. The van der Waals surface area contributed by atoms with Gasteiger partial charge in [0, 0.05) is 19.6 Å². The van der Waals surface area contributed by atoms with E-state index in [4.69, 9.17) is 14.6 Å². The molecule has 3 rings (SSSR count). The summed E-state index contributed by atoms with van der Waals surface area (Å²) in [4.78, 5) is 2.41. The van der Waals surface area contributed by atoms with Crippen LogP contribution in [-0.2, 0) is 9.47 Å². The summed E-state index contributed by atoms with van der Waals surface area (Å²) in [7, 11) is 0. The second kappa shape index (κ2) is 10.4. The van der Waals surface area contributed by atoms with Gasteiger partial charge < -0.3 is 19.5 Å². The molecule has 140 valence electrons. The molecule has 2 aromatic carbocycles. The first-order chi connectivity index (χ1) is 12.9. The molecular weight excluding hydrogens is 326 g/mol. The van der Waals surface area contributed by atoms with Crippen molar-refractivity contribution < 1.29 is 14.6 Å². The van der Waals surface area contributed by atoms with Crippen LogP contribution in [0.4, 0.5) is 0 Å². The number of aliphatic hydroxyl groups is 1. The quantitative estimate of drug-likeness (QED) is 0.701. The van der Waals surface area contributed by atoms with Crippen LogP contribution in [0, 0.1) is 0 Å². The molecule has 0 amide bonds. The van der Waals surface area contributed by atoms with Crippen molar-refractivity contribution in [3.05, 3.63) is 71.8 Å². The highest BCUT2D eigenvalue weighted by Crippen LogP contribution is 2.29. The van der Waals surface area contributed by atoms with Crippen LogP contribution in [0.3, 0.4) is 0 Å². The Labute approximate surface area is 156 Å². The number of hydrogen-bond acceptors (Lipinski definition) is 4. The third-order valence-electron chi connectivity index (χ3n) is 4.86. The Kier molecular flexibility index (Phi) is 7.65. The van der Waals surface area contributed by atoms with Gasteiger partial charge in [-0.1, -0.05) is 60.7 Å². The molecule has 1 saturated heterocycles. The highest BCUT2D eigenvalue weighted by atomic mass is 16.5. The summed E-state index contributed by atoms with van der Waals surface area (Å²) < 4.78 is 11.9. The molecule has 4 heteroatoms. The van der Waals surface area contributed by atoms with Crippen LogP contribution >= 0.6 is 0 Å². The van der Waals surface area contributed by atoms with Crippen molar-refractivity contribution in [2.24, 2.45) is 0 Å². The second-order valence-electron chi connectivity index (χ2n) is 6.71. The summed E-state index contributed by atoms with van der Waals surface area (Å²) in [5.74, 6) is 0. The fourth-order valence-corrected chi connectivity index (χ4v) is 3.43. The van der Waals surface area contributed by atoms with Crippen LogP contribution in [0.2, 0.25) is 0 Å². The van der Waals surface area contributed by atoms with E-state index in [1.807, 2.05) is 12.1 Å². The third-order valence-corrected chi connectivity index (χ3v) is 4.86. The molecule has 0 bridgehead atoms. The highest BCUT2D eigenvalue weighted by molar-refractivity contribution is 5.30. The van der Waals surface area contributed by atoms with E-state index in [1.165, 1.54) is 11.1 Å². The molecule has 0 atom stereocenters. The molecule has 0 spiro atoms. The molecule has 0 saturated carbocycles. The molecule has 1 heterocycles. The van der Waals surface area contributed by atoms with Crippen molar-refractivity contribution in [2.45, 2.75) is 25.0 Å². The zero-order valence-corrected chi connectivity index (χ0v) is 15.3. The van der Waals surface area contributed by atoms with Gasteiger partial charge in [0.05, 0.1) is 25.9 Å². The van der Waals surface area contributed by atoms with Crippen molar-refractivity contribution in [2.75, 3.05) is 39.5 Å². The van der Waals surface area contributed by atoms with Gasteiger partial charge in [0.15, 0.2) is 0 Å². The summed E-state index contributed by atoms with van der Waals surface area (Å²) in [6.45, 7) is 4.19. The summed E-state index contributed by atoms with van der Waals surface area (Å²) >= 11 is 0. The Bertz CT molecular complexity index is 572. The van der Waals surface area contributed by atoms with Crippen LogP contribution in [-0.4, -0.2) is 55.6 Å². The Morgan fingerprint density at radius 3 is 2.00 bits per heavy atom. The van der Waals surface area contributed by atoms with Crippen LogP contribution < -0.4 is 0 Å². The predicted octanol–water partition coefficient (Wildman–Crippen LogP) is 3.27. The molecule has 1 aliphatic heterocycles. The number of ether oxygens (including phenoxy) is 2. The smallest absolute Gasteiger partial charge is 0.108 e. The first kappa shape index (κ1) is 19.1. The van der Waals surface area contributed by atoms with Gasteiger partial charge in [-0.15, -0.1) is 0 Å². The molecule has 1 aliphatic rings. The van der Waals surface area contributed by atoms with Crippen molar-refractivity contribution in [1.29, 1.82) is 0 Å². The average molecular weight is 355 g/mol. The molecular formula is C22H29NO3. The summed E-state index contributed by atoms with van der Waals surface area (Å²) in [5, 5.41) is 8.75. The summed E-state index contributed by atoms with van der Waals surface area (Å²) in [5.41, 5.74) is 2.41. The van der Waals surface area contributed by atoms with E-state index < -0.39 is 0 Å². The van der Waals surface area contributed by atoms with E-state index in [2.05, 4.69) is 53.4 Å². The van der Waals surface area contributed by atoms with Crippen molar-refractivity contribution in [3.63, 3.8) is 0 Å². The molecule has 26 heavy (non-hydrogen) atoms. The highest BCUT2D eigenvalue weighted by Gasteiger charge is 2.24. The molecule has 0 aromatic heterocycles. The molecule has 0 unspecified atom stereocenters. The van der Waals surface area contributed by atoms with E-state index in [0.717, 1.165) is 32.5 Å². The van der Waals surface area contributed by atoms with Gasteiger partial charge in [-0.3, -0.25) is 0 Å². The lowest BCUT2D eigenvalue weighted by atomic mass is 10.00. The number of hydrogen-bond donors (Lipinski definition) is 1.